The van der Waals surface area contributed by atoms with Crippen LogP contribution in [0.3, 0.4) is 0 Å². The normalized spacial score (nSPS) is 11.5. The van der Waals surface area contributed by atoms with E-state index in [0.29, 0.717) is 21.9 Å². The van der Waals surface area contributed by atoms with E-state index in [1.54, 1.807) is 36.4 Å². The predicted molar refractivity (Wildman–Crippen MR) is 119 cm³/mol. The maximum Gasteiger partial charge on any atom is 0.338 e. The number of sulfonamides is 1. The molecule has 4 aromatic rings. The van der Waals surface area contributed by atoms with E-state index in [4.69, 9.17) is 16.7 Å². The van der Waals surface area contributed by atoms with Gasteiger partial charge in [0.05, 0.1) is 15.5 Å². The van der Waals surface area contributed by atoms with Crippen molar-refractivity contribution < 1.29 is 27.1 Å². The summed E-state index contributed by atoms with van der Waals surface area (Å²) in [5, 5.41) is 9.99. The van der Waals surface area contributed by atoms with Gasteiger partial charge in [0.15, 0.2) is 0 Å². The molecule has 0 aliphatic carbocycles. The molecule has 162 valence electrons. The number of rotatable bonds is 5. The van der Waals surface area contributed by atoms with Crippen LogP contribution >= 0.6 is 11.6 Å². The third-order valence-electron chi connectivity index (χ3n) is 4.85. The average Bonchev–Trinajstić information content (AvgIpc) is 2.76. The first-order chi connectivity index (χ1) is 15.2. The highest BCUT2D eigenvalue weighted by molar-refractivity contribution is 7.93. The Hall–Kier alpha value is -3.49. The van der Waals surface area contributed by atoms with Crippen molar-refractivity contribution in [2.75, 3.05) is 4.72 Å². The van der Waals surface area contributed by atoms with Crippen LogP contribution < -0.4 is 4.72 Å². The van der Waals surface area contributed by atoms with Crippen LogP contribution in [0.4, 0.5) is 14.5 Å². The summed E-state index contributed by atoms with van der Waals surface area (Å²) in [5.41, 5.74) is 0.506. The number of benzene rings is 4. The van der Waals surface area contributed by atoms with Crippen molar-refractivity contribution in [2.45, 2.75) is 4.90 Å². The van der Waals surface area contributed by atoms with E-state index in [1.165, 1.54) is 18.2 Å². The number of halogens is 3. The fraction of sp³-hybridized carbons (Fsp3) is 0. The van der Waals surface area contributed by atoms with Gasteiger partial charge in [0.25, 0.3) is 10.0 Å². The van der Waals surface area contributed by atoms with Gasteiger partial charge in [-0.25, -0.2) is 22.0 Å². The van der Waals surface area contributed by atoms with Gasteiger partial charge in [-0.15, -0.1) is 0 Å². The van der Waals surface area contributed by atoms with E-state index < -0.39 is 33.2 Å². The van der Waals surface area contributed by atoms with E-state index in [9.17, 15) is 22.0 Å². The second kappa shape index (κ2) is 8.22. The van der Waals surface area contributed by atoms with Crippen LogP contribution in [0.25, 0.3) is 21.9 Å². The maximum absolute atomic E-state index is 13.7. The molecule has 0 unspecified atom stereocenters. The largest absolute Gasteiger partial charge is 0.478 e. The molecule has 5 nitrogen and oxygen atoms in total. The zero-order valence-corrected chi connectivity index (χ0v) is 17.7. The standard InChI is InChI=1S/C23H14ClF2NO4S/c24-19-11-13(5-8-21(19)26)15-7-10-22(17-4-2-1-3-16(15)17)32(30,31)27-14-6-9-20(25)18(12-14)23(28)29/h1-12,27H,(H,28,29). The van der Waals surface area contributed by atoms with Crippen LogP contribution in [0.5, 0.6) is 0 Å². The number of carboxylic acids is 1. The lowest BCUT2D eigenvalue weighted by Gasteiger charge is -2.14. The Kier molecular flexibility index (Phi) is 5.58. The molecule has 0 aromatic heterocycles. The molecule has 9 heteroatoms. The average molecular weight is 474 g/mol. The molecule has 0 radical (unpaired) electrons. The number of aromatic carboxylic acids is 1. The van der Waals surface area contributed by atoms with Crippen LogP contribution in [0.2, 0.25) is 5.02 Å². The first kappa shape index (κ1) is 21.7. The van der Waals surface area contributed by atoms with Crippen LogP contribution in [0, 0.1) is 11.6 Å². The molecule has 0 fully saturated rings. The number of hydrogen-bond donors (Lipinski definition) is 2. The number of fused-ring (bicyclic) bond motifs is 1. The molecular weight excluding hydrogens is 460 g/mol. The monoisotopic (exact) mass is 473 g/mol. The molecule has 0 saturated carbocycles. The zero-order valence-electron chi connectivity index (χ0n) is 16.1. The van der Waals surface area contributed by atoms with Crippen LogP contribution in [-0.4, -0.2) is 19.5 Å². The summed E-state index contributed by atoms with van der Waals surface area (Å²) in [7, 11) is -4.16. The summed E-state index contributed by atoms with van der Waals surface area (Å²) in [6.07, 6.45) is 0. The highest BCUT2D eigenvalue weighted by Crippen LogP contribution is 2.35. The number of carbonyl (C=O) groups is 1. The van der Waals surface area contributed by atoms with Crippen molar-refractivity contribution in [3.8, 4) is 11.1 Å². The van der Waals surface area contributed by atoms with Crippen molar-refractivity contribution >= 4 is 44.1 Å². The molecule has 4 rings (SSSR count). The number of hydrogen-bond acceptors (Lipinski definition) is 3. The van der Waals surface area contributed by atoms with Gasteiger partial charge in [0.1, 0.15) is 11.6 Å². The number of carboxylic acid groups (broad SMARTS) is 1. The Morgan fingerprint density at radius 3 is 2.25 bits per heavy atom. The Labute approximate surface area is 186 Å². The highest BCUT2D eigenvalue weighted by Gasteiger charge is 2.21. The fourth-order valence-corrected chi connectivity index (χ4v) is 4.83. The van der Waals surface area contributed by atoms with Crippen molar-refractivity contribution in [3.63, 3.8) is 0 Å². The van der Waals surface area contributed by atoms with Gasteiger partial charge in [0.2, 0.25) is 0 Å². The first-order valence-electron chi connectivity index (χ1n) is 9.20. The molecule has 0 saturated heterocycles. The van der Waals surface area contributed by atoms with Gasteiger partial charge in [-0.2, -0.15) is 0 Å². The van der Waals surface area contributed by atoms with Gasteiger partial charge >= 0.3 is 5.97 Å². The smallest absolute Gasteiger partial charge is 0.338 e. The summed E-state index contributed by atoms with van der Waals surface area (Å²) in [5.74, 6) is -3.06. The van der Waals surface area contributed by atoms with Gasteiger partial charge in [-0.1, -0.05) is 48.0 Å². The lowest BCUT2D eigenvalue weighted by Crippen LogP contribution is -2.14. The molecule has 32 heavy (non-hydrogen) atoms. The summed E-state index contributed by atoms with van der Waals surface area (Å²) in [4.78, 5) is 11.1. The lowest BCUT2D eigenvalue weighted by atomic mass is 9.98. The molecule has 0 amide bonds. The Balaban J connectivity index is 1.82. The number of anilines is 1. The minimum absolute atomic E-state index is 0.0597. The van der Waals surface area contributed by atoms with Crippen LogP contribution in [-0.2, 0) is 10.0 Å². The summed E-state index contributed by atoms with van der Waals surface area (Å²) in [6, 6.07) is 16.9. The van der Waals surface area contributed by atoms with E-state index in [0.717, 1.165) is 18.2 Å². The molecule has 0 aliphatic heterocycles. The third-order valence-corrected chi connectivity index (χ3v) is 6.58. The molecule has 0 spiro atoms. The molecule has 0 heterocycles. The zero-order chi connectivity index (χ0) is 23.0. The minimum Gasteiger partial charge on any atom is -0.478 e. The van der Waals surface area contributed by atoms with Crippen LogP contribution in [0.15, 0.2) is 77.7 Å². The lowest BCUT2D eigenvalue weighted by molar-refractivity contribution is 0.0692. The quantitative estimate of drug-likeness (QED) is 0.376. The van der Waals surface area contributed by atoms with E-state index in [-0.39, 0.29) is 15.6 Å². The van der Waals surface area contributed by atoms with E-state index >= 15 is 0 Å². The molecule has 0 atom stereocenters. The van der Waals surface area contributed by atoms with E-state index in [2.05, 4.69) is 4.72 Å². The fourth-order valence-electron chi connectivity index (χ4n) is 3.38. The first-order valence-corrected chi connectivity index (χ1v) is 11.1. The second-order valence-electron chi connectivity index (χ2n) is 6.89. The third kappa shape index (κ3) is 4.02. The van der Waals surface area contributed by atoms with Gasteiger partial charge in [0, 0.05) is 11.1 Å². The van der Waals surface area contributed by atoms with Crippen molar-refractivity contribution in [1.82, 2.24) is 0 Å². The minimum atomic E-state index is -4.16. The van der Waals surface area contributed by atoms with Gasteiger partial charge in [-0.05, 0) is 52.9 Å². The SMILES string of the molecule is O=C(O)c1cc(NS(=O)(=O)c2ccc(-c3ccc(F)c(Cl)c3)c3ccccc23)ccc1F. The van der Waals surface area contributed by atoms with Gasteiger partial charge < -0.3 is 5.11 Å². The van der Waals surface area contributed by atoms with Crippen LogP contribution in [0.1, 0.15) is 10.4 Å². The Morgan fingerprint density at radius 2 is 1.56 bits per heavy atom. The Morgan fingerprint density at radius 1 is 0.875 bits per heavy atom. The second-order valence-corrected chi connectivity index (χ2v) is 8.95. The molecular formula is C23H14ClF2NO4S. The molecule has 0 aliphatic rings. The summed E-state index contributed by atoms with van der Waals surface area (Å²) in [6.45, 7) is 0. The van der Waals surface area contributed by atoms with Crippen molar-refractivity contribution in [3.05, 3.63) is 95.0 Å². The Bertz CT molecular complexity index is 1490. The van der Waals surface area contributed by atoms with Crippen molar-refractivity contribution in [1.29, 1.82) is 0 Å². The maximum atomic E-state index is 13.7. The topological polar surface area (TPSA) is 83.5 Å². The summed E-state index contributed by atoms with van der Waals surface area (Å²) < 4.78 is 55.7. The van der Waals surface area contributed by atoms with Crippen molar-refractivity contribution in [2.24, 2.45) is 0 Å². The molecule has 4 aromatic carbocycles. The summed E-state index contributed by atoms with van der Waals surface area (Å²) >= 11 is 5.91. The molecule has 2 N–H and O–H groups in total. The van der Waals surface area contributed by atoms with Gasteiger partial charge in [-0.3, -0.25) is 4.72 Å². The predicted octanol–water partition coefficient (Wildman–Crippen LogP) is 5.94. The van der Waals surface area contributed by atoms with E-state index in [1.807, 2.05) is 0 Å². The molecule has 0 bridgehead atoms. The number of nitrogens with one attached hydrogen (secondary N) is 1. The highest BCUT2D eigenvalue weighted by atomic mass is 35.5.